The third-order valence-corrected chi connectivity index (χ3v) is 5.75. The first kappa shape index (κ1) is 14.4. The zero-order valence-corrected chi connectivity index (χ0v) is 12.9. The minimum atomic E-state index is 0.650. The Kier molecular flexibility index (Phi) is 5.12. The van der Waals surface area contributed by atoms with E-state index in [-0.39, 0.29) is 0 Å². The molecule has 5 unspecified atom stereocenters. The van der Waals surface area contributed by atoms with E-state index in [1.165, 1.54) is 45.1 Å². The Morgan fingerprint density at radius 3 is 2.44 bits per heavy atom. The van der Waals surface area contributed by atoms with Crippen LogP contribution in [0.25, 0.3) is 0 Å². The largest absolute Gasteiger partial charge is 0.314 e. The number of rotatable bonds is 4. The van der Waals surface area contributed by atoms with Crippen molar-refractivity contribution in [3.63, 3.8) is 0 Å². The van der Waals surface area contributed by atoms with Crippen LogP contribution in [0, 0.1) is 29.6 Å². The van der Waals surface area contributed by atoms with E-state index in [2.05, 4.69) is 33.0 Å². The minimum Gasteiger partial charge on any atom is -0.314 e. The monoisotopic (exact) mass is 251 g/mol. The maximum absolute atomic E-state index is 3.68. The van der Waals surface area contributed by atoms with Crippen molar-refractivity contribution in [2.75, 3.05) is 6.54 Å². The zero-order chi connectivity index (χ0) is 13.1. The highest BCUT2D eigenvalue weighted by molar-refractivity contribution is 4.88. The van der Waals surface area contributed by atoms with Gasteiger partial charge < -0.3 is 5.32 Å². The van der Waals surface area contributed by atoms with Crippen LogP contribution in [0.1, 0.15) is 66.2 Å². The van der Waals surface area contributed by atoms with Gasteiger partial charge in [-0.15, -0.1) is 0 Å². The van der Waals surface area contributed by atoms with E-state index in [4.69, 9.17) is 0 Å². The van der Waals surface area contributed by atoms with Gasteiger partial charge in [0.05, 0.1) is 0 Å². The van der Waals surface area contributed by atoms with Crippen LogP contribution in [-0.4, -0.2) is 12.6 Å². The molecule has 0 spiro atoms. The quantitative estimate of drug-likeness (QED) is 0.777. The number of hydrogen-bond donors (Lipinski definition) is 1. The standard InChI is InChI=1S/C17H33N/c1-12(2)18-11-16-6-5-7-17(16)15-9-8-13(3)14(4)10-15/h12-18H,5-11H2,1-4H3. The van der Waals surface area contributed by atoms with Crippen molar-refractivity contribution >= 4 is 0 Å². The molecule has 106 valence electrons. The molecule has 5 atom stereocenters. The fourth-order valence-corrected chi connectivity index (χ4v) is 4.30. The van der Waals surface area contributed by atoms with Gasteiger partial charge >= 0.3 is 0 Å². The van der Waals surface area contributed by atoms with Crippen molar-refractivity contribution in [3.05, 3.63) is 0 Å². The van der Waals surface area contributed by atoms with Gasteiger partial charge in [-0.05, 0) is 61.8 Å². The fraction of sp³-hybridized carbons (Fsp3) is 1.00. The summed E-state index contributed by atoms with van der Waals surface area (Å²) < 4.78 is 0. The molecule has 2 fully saturated rings. The van der Waals surface area contributed by atoms with Gasteiger partial charge in [-0.1, -0.05) is 40.5 Å². The van der Waals surface area contributed by atoms with E-state index in [1.54, 1.807) is 0 Å². The molecular formula is C17H33N. The van der Waals surface area contributed by atoms with Crippen LogP contribution in [0.15, 0.2) is 0 Å². The van der Waals surface area contributed by atoms with Gasteiger partial charge in [0.15, 0.2) is 0 Å². The van der Waals surface area contributed by atoms with E-state index in [1.807, 2.05) is 0 Å². The summed E-state index contributed by atoms with van der Waals surface area (Å²) in [6, 6.07) is 0.650. The smallest absolute Gasteiger partial charge is 0.00104 e. The highest BCUT2D eigenvalue weighted by atomic mass is 14.9. The second kappa shape index (κ2) is 6.41. The molecule has 0 aromatic heterocycles. The molecule has 2 saturated carbocycles. The van der Waals surface area contributed by atoms with Crippen molar-refractivity contribution in [2.45, 2.75) is 72.3 Å². The molecule has 2 rings (SSSR count). The molecule has 0 heterocycles. The summed E-state index contributed by atoms with van der Waals surface area (Å²) >= 11 is 0. The summed E-state index contributed by atoms with van der Waals surface area (Å²) in [6.45, 7) is 10.7. The van der Waals surface area contributed by atoms with Gasteiger partial charge in [0.2, 0.25) is 0 Å². The van der Waals surface area contributed by atoms with E-state index in [9.17, 15) is 0 Å². The average molecular weight is 251 g/mol. The summed E-state index contributed by atoms with van der Waals surface area (Å²) in [5.74, 6) is 4.97. The van der Waals surface area contributed by atoms with E-state index in [0.29, 0.717) is 6.04 Å². The maximum atomic E-state index is 3.68. The van der Waals surface area contributed by atoms with Gasteiger partial charge in [-0.25, -0.2) is 0 Å². The van der Waals surface area contributed by atoms with Crippen LogP contribution in [0.4, 0.5) is 0 Å². The summed E-state index contributed by atoms with van der Waals surface area (Å²) in [4.78, 5) is 0. The van der Waals surface area contributed by atoms with E-state index < -0.39 is 0 Å². The predicted octanol–water partition coefficient (Wildman–Crippen LogP) is 4.47. The number of nitrogens with one attached hydrogen (secondary N) is 1. The lowest BCUT2D eigenvalue weighted by Crippen LogP contribution is -2.34. The van der Waals surface area contributed by atoms with E-state index in [0.717, 1.165) is 29.6 Å². The fourth-order valence-electron chi connectivity index (χ4n) is 4.30. The van der Waals surface area contributed by atoms with Crippen molar-refractivity contribution in [2.24, 2.45) is 29.6 Å². The first-order chi connectivity index (χ1) is 8.58. The van der Waals surface area contributed by atoms with Crippen LogP contribution in [0.2, 0.25) is 0 Å². The van der Waals surface area contributed by atoms with Crippen LogP contribution in [0.5, 0.6) is 0 Å². The predicted molar refractivity (Wildman–Crippen MR) is 79.6 cm³/mol. The van der Waals surface area contributed by atoms with Gasteiger partial charge in [0, 0.05) is 6.04 Å². The molecule has 0 aliphatic heterocycles. The van der Waals surface area contributed by atoms with Gasteiger partial charge in [-0.3, -0.25) is 0 Å². The molecule has 0 aromatic rings. The van der Waals surface area contributed by atoms with Crippen molar-refractivity contribution in [1.82, 2.24) is 5.32 Å². The molecule has 1 N–H and O–H groups in total. The van der Waals surface area contributed by atoms with Crippen LogP contribution < -0.4 is 5.32 Å². The van der Waals surface area contributed by atoms with Gasteiger partial charge in [0.25, 0.3) is 0 Å². The zero-order valence-electron chi connectivity index (χ0n) is 12.9. The molecule has 0 saturated heterocycles. The lowest BCUT2D eigenvalue weighted by atomic mass is 9.69. The Balaban J connectivity index is 1.86. The lowest BCUT2D eigenvalue weighted by Gasteiger charge is -2.38. The lowest BCUT2D eigenvalue weighted by molar-refractivity contribution is 0.131. The molecule has 0 aromatic carbocycles. The molecule has 1 nitrogen and oxygen atoms in total. The summed E-state index contributed by atoms with van der Waals surface area (Å²) in [5, 5.41) is 3.68. The van der Waals surface area contributed by atoms with Crippen molar-refractivity contribution in [1.29, 1.82) is 0 Å². The second-order valence-corrected chi connectivity index (χ2v) is 7.45. The second-order valence-electron chi connectivity index (χ2n) is 7.45. The highest BCUT2D eigenvalue weighted by Crippen LogP contribution is 2.45. The topological polar surface area (TPSA) is 12.0 Å². The van der Waals surface area contributed by atoms with Gasteiger partial charge in [0.1, 0.15) is 0 Å². The molecule has 0 bridgehead atoms. The Morgan fingerprint density at radius 1 is 1.00 bits per heavy atom. The molecule has 0 radical (unpaired) electrons. The Bertz CT molecular complexity index is 248. The third-order valence-electron chi connectivity index (χ3n) is 5.75. The molecule has 1 heteroatoms. The van der Waals surface area contributed by atoms with Crippen LogP contribution in [0.3, 0.4) is 0 Å². The first-order valence-electron chi connectivity index (χ1n) is 8.31. The first-order valence-corrected chi connectivity index (χ1v) is 8.31. The number of hydrogen-bond acceptors (Lipinski definition) is 1. The molecular weight excluding hydrogens is 218 g/mol. The molecule has 18 heavy (non-hydrogen) atoms. The highest BCUT2D eigenvalue weighted by Gasteiger charge is 2.36. The third kappa shape index (κ3) is 3.50. The Morgan fingerprint density at radius 2 is 1.78 bits per heavy atom. The van der Waals surface area contributed by atoms with Crippen LogP contribution >= 0.6 is 0 Å². The Hall–Kier alpha value is -0.0400. The Labute approximate surface area is 114 Å². The van der Waals surface area contributed by atoms with Gasteiger partial charge in [-0.2, -0.15) is 0 Å². The molecule has 2 aliphatic carbocycles. The summed E-state index contributed by atoms with van der Waals surface area (Å²) in [6.07, 6.45) is 8.96. The van der Waals surface area contributed by atoms with Crippen molar-refractivity contribution in [3.8, 4) is 0 Å². The molecule has 0 amide bonds. The SMILES string of the molecule is CC(C)NCC1CCCC1C1CCC(C)C(C)C1. The van der Waals surface area contributed by atoms with Crippen LogP contribution in [-0.2, 0) is 0 Å². The minimum absolute atomic E-state index is 0.650. The maximum Gasteiger partial charge on any atom is 0.00104 e. The van der Waals surface area contributed by atoms with E-state index >= 15 is 0 Å². The normalized spacial score (nSPS) is 41.5. The van der Waals surface area contributed by atoms with Crippen molar-refractivity contribution < 1.29 is 0 Å². The molecule has 2 aliphatic rings. The summed E-state index contributed by atoms with van der Waals surface area (Å²) in [5.41, 5.74) is 0. The average Bonchev–Trinajstić information content (AvgIpc) is 2.78. The summed E-state index contributed by atoms with van der Waals surface area (Å²) in [7, 11) is 0.